The largest absolute Gasteiger partial charge is 0.374 e. The molecule has 96 valence electrons. The van der Waals surface area contributed by atoms with Crippen LogP contribution in [-0.2, 0) is 4.74 Å². The minimum Gasteiger partial charge on any atom is -0.374 e. The first-order chi connectivity index (χ1) is 7.72. The van der Waals surface area contributed by atoms with Gasteiger partial charge in [-0.1, -0.05) is 32.6 Å². The smallest absolute Gasteiger partial charge is 0.0675 e. The zero-order chi connectivity index (χ0) is 11.8. The molecule has 0 aromatic heterocycles. The molecule has 0 radical (unpaired) electrons. The molecule has 2 atom stereocenters. The Labute approximate surface area is 101 Å². The molecular weight excluding hydrogens is 198 g/mol. The molecule has 0 aromatic rings. The van der Waals surface area contributed by atoms with Crippen LogP contribution in [0.4, 0.5) is 0 Å². The van der Waals surface area contributed by atoms with Gasteiger partial charge in [0.25, 0.3) is 0 Å². The summed E-state index contributed by atoms with van der Waals surface area (Å²) in [5, 5.41) is 3.51. The first-order valence-corrected chi connectivity index (χ1v) is 7.11. The van der Waals surface area contributed by atoms with E-state index in [2.05, 4.69) is 26.1 Å². The van der Waals surface area contributed by atoms with Gasteiger partial charge >= 0.3 is 0 Å². The maximum Gasteiger partial charge on any atom is 0.0675 e. The van der Waals surface area contributed by atoms with Gasteiger partial charge in [0.15, 0.2) is 0 Å². The highest BCUT2D eigenvalue weighted by Gasteiger charge is 2.15. The summed E-state index contributed by atoms with van der Waals surface area (Å²) < 4.78 is 6.10. The Kier molecular flexibility index (Phi) is 7.06. The lowest BCUT2D eigenvalue weighted by atomic mass is 10.1. The summed E-state index contributed by atoms with van der Waals surface area (Å²) in [6.45, 7) is 7.64. The van der Waals surface area contributed by atoms with Gasteiger partial charge in [0, 0.05) is 12.6 Å². The molecule has 16 heavy (non-hydrogen) atoms. The second-order valence-corrected chi connectivity index (χ2v) is 5.28. The summed E-state index contributed by atoms with van der Waals surface area (Å²) in [6, 6.07) is 0.611. The van der Waals surface area contributed by atoms with E-state index in [0.717, 1.165) is 6.54 Å². The first-order valence-electron chi connectivity index (χ1n) is 7.11. The van der Waals surface area contributed by atoms with E-state index in [0.29, 0.717) is 18.2 Å². The highest BCUT2D eigenvalue weighted by atomic mass is 16.5. The van der Waals surface area contributed by atoms with E-state index in [1.54, 1.807) is 0 Å². The van der Waals surface area contributed by atoms with Crippen LogP contribution >= 0.6 is 0 Å². The second-order valence-electron chi connectivity index (χ2n) is 5.28. The third-order valence-electron chi connectivity index (χ3n) is 3.59. The zero-order valence-electron chi connectivity index (χ0n) is 11.3. The topological polar surface area (TPSA) is 21.3 Å². The Morgan fingerprint density at radius 3 is 2.31 bits per heavy atom. The standard InChI is InChI=1S/C14H29NO/c1-4-12(2)15-11-13(3)16-14-9-7-5-6-8-10-14/h12-15H,4-11H2,1-3H3. The van der Waals surface area contributed by atoms with Crippen molar-refractivity contribution in [3.63, 3.8) is 0 Å². The molecule has 1 N–H and O–H groups in total. The molecule has 0 amide bonds. The zero-order valence-corrected chi connectivity index (χ0v) is 11.3. The molecule has 2 unspecified atom stereocenters. The molecule has 2 nitrogen and oxygen atoms in total. The van der Waals surface area contributed by atoms with Crippen molar-refractivity contribution in [2.45, 2.75) is 84.0 Å². The first kappa shape index (κ1) is 14.0. The van der Waals surface area contributed by atoms with Crippen LogP contribution in [0.5, 0.6) is 0 Å². The lowest BCUT2D eigenvalue weighted by molar-refractivity contribution is -0.00969. The van der Waals surface area contributed by atoms with Crippen molar-refractivity contribution in [1.82, 2.24) is 5.32 Å². The lowest BCUT2D eigenvalue weighted by Gasteiger charge is -2.23. The van der Waals surface area contributed by atoms with Crippen LogP contribution in [0, 0.1) is 0 Å². The number of hydrogen-bond donors (Lipinski definition) is 1. The average Bonchev–Trinajstić information content (AvgIpc) is 2.54. The van der Waals surface area contributed by atoms with E-state index >= 15 is 0 Å². The minimum absolute atomic E-state index is 0.358. The summed E-state index contributed by atoms with van der Waals surface area (Å²) >= 11 is 0. The quantitative estimate of drug-likeness (QED) is 0.701. The van der Waals surface area contributed by atoms with Gasteiger partial charge in [0.2, 0.25) is 0 Å². The molecule has 1 saturated carbocycles. The number of nitrogens with one attached hydrogen (secondary N) is 1. The van der Waals surface area contributed by atoms with Crippen LogP contribution in [0.3, 0.4) is 0 Å². The summed E-state index contributed by atoms with van der Waals surface area (Å²) in [4.78, 5) is 0. The Morgan fingerprint density at radius 2 is 1.75 bits per heavy atom. The van der Waals surface area contributed by atoms with Gasteiger partial charge in [-0.05, 0) is 33.1 Å². The minimum atomic E-state index is 0.358. The Hall–Kier alpha value is -0.0800. The fourth-order valence-electron chi connectivity index (χ4n) is 2.27. The molecule has 2 heteroatoms. The molecular formula is C14H29NO. The van der Waals surface area contributed by atoms with Crippen LogP contribution in [-0.4, -0.2) is 24.8 Å². The van der Waals surface area contributed by atoms with Crippen LogP contribution in [0.1, 0.15) is 65.7 Å². The Balaban J connectivity index is 2.14. The molecule has 0 aliphatic heterocycles. The van der Waals surface area contributed by atoms with Crippen molar-refractivity contribution in [2.75, 3.05) is 6.54 Å². The third kappa shape index (κ3) is 5.86. The van der Waals surface area contributed by atoms with E-state index in [9.17, 15) is 0 Å². The van der Waals surface area contributed by atoms with Gasteiger partial charge in [-0.15, -0.1) is 0 Å². The number of hydrogen-bond acceptors (Lipinski definition) is 2. The van der Waals surface area contributed by atoms with Gasteiger partial charge in [-0.2, -0.15) is 0 Å². The fraction of sp³-hybridized carbons (Fsp3) is 1.00. The predicted molar refractivity (Wildman–Crippen MR) is 69.8 cm³/mol. The van der Waals surface area contributed by atoms with Crippen LogP contribution in [0.15, 0.2) is 0 Å². The summed E-state index contributed by atoms with van der Waals surface area (Å²) in [6.07, 6.45) is 10.1. The van der Waals surface area contributed by atoms with Crippen molar-refractivity contribution in [3.05, 3.63) is 0 Å². The lowest BCUT2D eigenvalue weighted by Crippen LogP contribution is -2.35. The predicted octanol–water partition coefficient (Wildman–Crippen LogP) is 3.50. The molecule has 0 spiro atoms. The summed E-state index contributed by atoms with van der Waals surface area (Å²) in [5.41, 5.74) is 0. The van der Waals surface area contributed by atoms with Crippen LogP contribution in [0.2, 0.25) is 0 Å². The van der Waals surface area contributed by atoms with Gasteiger partial charge in [0.05, 0.1) is 12.2 Å². The molecule has 1 fully saturated rings. The second kappa shape index (κ2) is 8.08. The van der Waals surface area contributed by atoms with E-state index in [1.165, 1.54) is 44.9 Å². The molecule has 0 saturated heterocycles. The molecule has 1 aliphatic rings. The van der Waals surface area contributed by atoms with E-state index in [4.69, 9.17) is 4.74 Å². The van der Waals surface area contributed by atoms with Gasteiger partial charge in [-0.25, -0.2) is 0 Å². The van der Waals surface area contributed by atoms with Crippen LogP contribution < -0.4 is 5.32 Å². The van der Waals surface area contributed by atoms with Crippen molar-refractivity contribution in [1.29, 1.82) is 0 Å². The molecule has 0 bridgehead atoms. The highest BCUT2D eigenvalue weighted by molar-refractivity contribution is 4.68. The number of ether oxygens (including phenoxy) is 1. The SMILES string of the molecule is CCC(C)NCC(C)OC1CCCCCC1. The Morgan fingerprint density at radius 1 is 1.12 bits per heavy atom. The maximum atomic E-state index is 6.10. The molecule has 1 aliphatic carbocycles. The molecule has 0 heterocycles. The monoisotopic (exact) mass is 227 g/mol. The summed E-state index contributed by atoms with van der Waals surface area (Å²) in [7, 11) is 0. The van der Waals surface area contributed by atoms with Crippen molar-refractivity contribution in [3.8, 4) is 0 Å². The maximum absolute atomic E-state index is 6.10. The average molecular weight is 227 g/mol. The van der Waals surface area contributed by atoms with Crippen molar-refractivity contribution < 1.29 is 4.74 Å². The van der Waals surface area contributed by atoms with Crippen LogP contribution in [0.25, 0.3) is 0 Å². The highest BCUT2D eigenvalue weighted by Crippen LogP contribution is 2.20. The molecule has 1 rings (SSSR count). The van der Waals surface area contributed by atoms with Gasteiger partial charge in [-0.3, -0.25) is 0 Å². The molecule has 0 aromatic carbocycles. The van der Waals surface area contributed by atoms with E-state index in [-0.39, 0.29) is 0 Å². The summed E-state index contributed by atoms with van der Waals surface area (Å²) in [5.74, 6) is 0. The van der Waals surface area contributed by atoms with E-state index in [1.807, 2.05) is 0 Å². The van der Waals surface area contributed by atoms with Gasteiger partial charge < -0.3 is 10.1 Å². The Bertz CT molecular complexity index is 164. The number of rotatable bonds is 6. The van der Waals surface area contributed by atoms with Gasteiger partial charge in [0.1, 0.15) is 0 Å². The van der Waals surface area contributed by atoms with E-state index < -0.39 is 0 Å². The normalized spacial score (nSPS) is 22.7. The van der Waals surface area contributed by atoms with Crippen molar-refractivity contribution >= 4 is 0 Å². The fourth-order valence-corrected chi connectivity index (χ4v) is 2.27. The van der Waals surface area contributed by atoms with Crippen molar-refractivity contribution in [2.24, 2.45) is 0 Å². The third-order valence-corrected chi connectivity index (χ3v) is 3.59.